The van der Waals surface area contributed by atoms with Crippen LogP contribution in [0.15, 0.2) is 15.7 Å². The lowest BCUT2D eigenvalue weighted by molar-refractivity contribution is 0.223. The molecule has 1 fully saturated rings. The van der Waals surface area contributed by atoms with Gasteiger partial charge in [-0.15, -0.1) is 22.9 Å². The van der Waals surface area contributed by atoms with Crippen LogP contribution in [0.4, 0.5) is 0 Å². The van der Waals surface area contributed by atoms with Crippen LogP contribution in [0.2, 0.25) is 0 Å². The number of alkyl halides is 1. The average molecular weight is 308 g/mol. The maximum atomic E-state index is 12.5. The van der Waals surface area contributed by atoms with Crippen molar-refractivity contribution in [2.75, 3.05) is 13.1 Å². The van der Waals surface area contributed by atoms with Gasteiger partial charge in [-0.2, -0.15) is 4.31 Å². The van der Waals surface area contributed by atoms with Crippen molar-refractivity contribution in [1.82, 2.24) is 4.31 Å². The molecule has 2 rings (SSSR count). The van der Waals surface area contributed by atoms with Crippen LogP contribution < -0.4 is 0 Å². The fourth-order valence-corrected chi connectivity index (χ4v) is 5.78. The van der Waals surface area contributed by atoms with Crippen LogP contribution in [0, 0.1) is 11.8 Å². The van der Waals surface area contributed by atoms with Crippen LogP contribution in [0.1, 0.15) is 25.8 Å². The van der Waals surface area contributed by atoms with E-state index in [2.05, 4.69) is 13.8 Å². The number of hydrogen-bond acceptors (Lipinski definition) is 3. The first-order valence-corrected chi connectivity index (χ1v) is 8.92. The van der Waals surface area contributed by atoms with E-state index in [1.165, 1.54) is 11.3 Å². The SMILES string of the molecule is CC1CC(C)CN(S(=O)(=O)c2cc(CCl)cs2)C1. The molecule has 0 aliphatic carbocycles. The van der Waals surface area contributed by atoms with E-state index in [4.69, 9.17) is 11.6 Å². The molecule has 1 saturated heterocycles. The van der Waals surface area contributed by atoms with Gasteiger partial charge in [0, 0.05) is 19.0 Å². The van der Waals surface area contributed by atoms with Crippen molar-refractivity contribution >= 4 is 33.0 Å². The molecule has 0 bridgehead atoms. The number of halogens is 1. The lowest BCUT2D eigenvalue weighted by Gasteiger charge is -2.33. The highest BCUT2D eigenvalue weighted by atomic mass is 35.5. The summed E-state index contributed by atoms with van der Waals surface area (Å²) in [6.45, 7) is 5.47. The molecule has 3 nitrogen and oxygen atoms in total. The summed E-state index contributed by atoms with van der Waals surface area (Å²) in [6.07, 6.45) is 1.10. The van der Waals surface area contributed by atoms with Gasteiger partial charge < -0.3 is 0 Å². The summed E-state index contributed by atoms with van der Waals surface area (Å²) in [5.41, 5.74) is 0.873. The summed E-state index contributed by atoms with van der Waals surface area (Å²) < 4.78 is 27.0. The van der Waals surface area contributed by atoms with Gasteiger partial charge in [0.2, 0.25) is 0 Å². The maximum Gasteiger partial charge on any atom is 0.252 e. The fourth-order valence-electron chi connectivity index (χ4n) is 2.49. The maximum absolute atomic E-state index is 12.5. The van der Waals surface area contributed by atoms with Crippen molar-refractivity contribution in [2.45, 2.75) is 30.4 Å². The van der Waals surface area contributed by atoms with Gasteiger partial charge in [0.25, 0.3) is 10.0 Å². The number of thiophene rings is 1. The summed E-state index contributed by atoms with van der Waals surface area (Å²) in [4.78, 5) is 0. The predicted octanol–water partition coefficient (Wildman–Crippen LogP) is 3.15. The van der Waals surface area contributed by atoms with Gasteiger partial charge in [-0.1, -0.05) is 13.8 Å². The molecule has 0 amide bonds. The van der Waals surface area contributed by atoms with Crippen LogP contribution in [-0.4, -0.2) is 25.8 Å². The van der Waals surface area contributed by atoms with Gasteiger partial charge in [-0.25, -0.2) is 8.42 Å². The Morgan fingerprint density at radius 1 is 1.39 bits per heavy atom. The second kappa shape index (κ2) is 5.49. The molecule has 2 atom stereocenters. The minimum atomic E-state index is -3.32. The first-order valence-electron chi connectivity index (χ1n) is 6.07. The first kappa shape index (κ1) is 14.3. The van der Waals surface area contributed by atoms with E-state index in [0.29, 0.717) is 35.0 Å². The van der Waals surface area contributed by atoms with Crippen molar-refractivity contribution in [2.24, 2.45) is 11.8 Å². The van der Waals surface area contributed by atoms with Crippen LogP contribution >= 0.6 is 22.9 Å². The molecule has 6 heteroatoms. The molecular weight excluding hydrogens is 290 g/mol. The second-order valence-electron chi connectivity index (χ2n) is 5.18. The molecule has 0 radical (unpaired) electrons. The topological polar surface area (TPSA) is 37.4 Å². The average Bonchev–Trinajstić information content (AvgIpc) is 2.76. The van der Waals surface area contributed by atoms with E-state index in [1.807, 2.05) is 5.38 Å². The normalized spacial score (nSPS) is 26.4. The molecule has 1 aromatic rings. The fraction of sp³-hybridized carbons (Fsp3) is 0.667. The highest BCUT2D eigenvalue weighted by molar-refractivity contribution is 7.91. The first-order chi connectivity index (χ1) is 8.43. The molecule has 0 saturated carbocycles. The highest BCUT2D eigenvalue weighted by Crippen LogP contribution is 2.30. The third-order valence-corrected chi connectivity index (χ3v) is 6.82. The number of piperidine rings is 1. The number of rotatable bonds is 3. The summed E-state index contributed by atoms with van der Waals surface area (Å²) in [5, 5.41) is 1.82. The van der Waals surface area contributed by atoms with Gasteiger partial charge in [0.15, 0.2) is 0 Å². The van der Waals surface area contributed by atoms with E-state index in [-0.39, 0.29) is 0 Å². The minimum Gasteiger partial charge on any atom is -0.206 e. The third-order valence-electron chi connectivity index (χ3n) is 3.21. The molecule has 1 aliphatic rings. The van der Waals surface area contributed by atoms with Gasteiger partial charge >= 0.3 is 0 Å². The quantitative estimate of drug-likeness (QED) is 0.804. The number of nitrogens with zero attached hydrogens (tertiary/aromatic N) is 1. The highest BCUT2D eigenvalue weighted by Gasteiger charge is 2.32. The molecule has 1 aliphatic heterocycles. The summed E-state index contributed by atoms with van der Waals surface area (Å²) in [6, 6.07) is 1.69. The molecule has 102 valence electrons. The van der Waals surface area contributed by atoms with Crippen LogP contribution in [0.3, 0.4) is 0 Å². The van der Waals surface area contributed by atoms with Crippen molar-refractivity contribution < 1.29 is 8.42 Å². The number of hydrogen-bond donors (Lipinski definition) is 0. The second-order valence-corrected chi connectivity index (χ2v) is 8.52. The van der Waals surface area contributed by atoms with Crippen LogP contribution in [0.25, 0.3) is 0 Å². The Morgan fingerprint density at radius 3 is 2.50 bits per heavy atom. The lowest BCUT2D eigenvalue weighted by atomic mass is 9.94. The Morgan fingerprint density at radius 2 is 2.00 bits per heavy atom. The Hall–Kier alpha value is -0.100. The monoisotopic (exact) mass is 307 g/mol. The summed E-state index contributed by atoms with van der Waals surface area (Å²) in [7, 11) is -3.32. The molecular formula is C12H18ClNO2S2. The summed E-state index contributed by atoms with van der Waals surface area (Å²) >= 11 is 6.98. The molecule has 0 spiro atoms. The molecule has 2 heterocycles. The molecule has 0 aromatic carbocycles. The zero-order chi connectivity index (χ0) is 13.3. The van der Waals surface area contributed by atoms with E-state index in [1.54, 1.807) is 10.4 Å². The molecule has 0 N–H and O–H groups in total. The lowest BCUT2D eigenvalue weighted by Crippen LogP contribution is -2.42. The number of sulfonamides is 1. The summed E-state index contributed by atoms with van der Waals surface area (Å²) in [5.74, 6) is 1.21. The van der Waals surface area contributed by atoms with Crippen LogP contribution in [0.5, 0.6) is 0 Å². The zero-order valence-electron chi connectivity index (χ0n) is 10.6. The smallest absolute Gasteiger partial charge is 0.206 e. The standard InChI is InChI=1S/C12H18ClNO2S2/c1-9-3-10(2)7-14(6-9)18(15,16)12-4-11(5-13)8-17-12/h4,8-10H,3,5-7H2,1-2H3. The van der Waals surface area contributed by atoms with E-state index >= 15 is 0 Å². The Bertz CT molecular complexity index is 502. The van der Waals surface area contributed by atoms with Crippen LogP contribution in [-0.2, 0) is 15.9 Å². The molecule has 2 unspecified atom stereocenters. The van der Waals surface area contributed by atoms with Gasteiger partial charge in [-0.3, -0.25) is 0 Å². The molecule has 18 heavy (non-hydrogen) atoms. The third kappa shape index (κ3) is 2.90. The zero-order valence-corrected chi connectivity index (χ0v) is 13.0. The Kier molecular flexibility index (Phi) is 4.36. The van der Waals surface area contributed by atoms with Gasteiger partial charge in [-0.05, 0) is 35.3 Å². The van der Waals surface area contributed by atoms with Crippen molar-refractivity contribution in [3.8, 4) is 0 Å². The van der Waals surface area contributed by atoms with Gasteiger partial charge in [0.05, 0.1) is 0 Å². The largest absolute Gasteiger partial charge is 0.252 e. The predicted molar refractivity (Wildman–Crippen MR) is 75.6 cm³/mol. The Labute approximate surface area is 118 Å². The van der Waals surface area contributed by atoms with E-state index < -0.39 is 10.0 Å². The van der Waals surface area contributed by atoms with Gasteiger partial charge in [0.1, 0.15) is 4.21 Å². The van der Waals surface area contributed by atoms with E-state index in [9.17, 15) is 8.42 Å². The molecule has 1 aromatic heterocycles. The Balaban J connectivity index is 2.25. The van der Waals surface area contributed by atoms with Crippen molar-refractivity contribution in [3.63, 3.8) is 0 Å². The van der Waals surface area contributed by atoms with E-state index in [0.717, 1.165) is 12.0 Å². The van der Waals surface area contributed by atoms with Crippen molar-refractivity contribution in [1.29, 1.82) is 0 Å². The van der Waals surface area contributed by atoms with Crippen molar-refractivity contribution in [3.05, 3.63) is 17.0 Å². The minimum absolute atomic E-state index is 0.360.